The van der Waals surface area contributed by atoms with E-state index in [1.54, 1.807) is 13.3 Å². The van der Waals surface area contributed by atoms with E-state index in [9.17, 15) is 0 Å². The fraction of sp³-hybridized carbons (Fsp3) is 0.273. The van der Waals surface area contributed by atoms with Crippen LogP contribution in [0.3, 0.4) is 0 Å². The zero-order valence-electron chi connectivity index (χ0n) is 16.6. The summed E-state index contributed by atoms with van der Waals surface area (Å²) in [4.78, 5) is 8.01. The molecular weight excluding hydrogens is 366 g/mol. The molecule has 1 atom stereocenters. The summed E-state index contributed by atoms with van der Waals surface area (Å²) in [5.74, 6) is 2.90. The molecule has 0 spiro atoms. The molecule has 0 aliphatic heterocycles. The number of rotatable bonds is 9. The van der Waals surface area contributed by atoms with E-state index in [-0.39, 0.29) is 0 Å². The summed E-state index contributed by atoms with van der Waals surface area (Å²) in [5, 5.41) is 10.3. The van der Waals surface area contributed by atoms with Gasteiger partial charge in [0.05, 0.1) is 23.3 Å². The number of aromatic nitrogens is 4. The number of aromatic amines is 2. The molecule has 2 aromatic heterocycles. The van der Waals surface area contributed by atoms with Crippen molar-refractivity contribution in [3.8, 4) is 22.8 Å². The Hall–Kier alpha value is -3.16. The van der Waals surface area contributed by atoms with Crippen molar-refractivity contribution < 1.29 is 9.47 Å². The highest BCUT2D eigenvalue weighted by atomic mass is 16.5. The molecule has 150 valence electrons. The van der Waals surface area contributed by atoms with Gasteiger partial charge in [-0.05, 0) is 53.9 Å². The summed E-state index contributed by atoms with van der Waals surface area (Å²) < 4.78 is 11.2. The maximum atomic E-state index is 6.00. The number of ether oxygens (including phenoxy) is 2. The van der Waals surface area contributed by atoms with Gasteiger partial charge in [-0.25, -0.2) is 4.98 Å². The number of H-pyrrole nitrogens is 2. The van der Waals surface area contributed by atoms with Gasteiger partial charge in [0.15, 0.2) is 0 Å². The van der Waals surface area contributed by atoms with Crippen molar-refractivity contribution in [1.82, 2.24) is 25.5 Å². The monoisotopic (exact) mass is 391 g/mol. The molecule has 4 rings (SSSR count). The summed E-state index contributed by atoms with van der Waals surface area (Å²) in [7, 11) is 1.73. The highest BCUT2D eigenvalue weighted by molar-refractivity contribution is 5.77. The number of benzene rings is 2. The van der Waals surface area contributed by atoms with E-state index in [0.717, 1.165) is 52.8 Å². The Balaban J connectivity index is 1.39. The highest BCUT2D eigenvalue weighted by Crippen LogP contribution is 2.27. The van der Waals surface area contributed by atoms with E-state index in [0.29, 0.717) is 12.5 Å². The average molecular weight is 391 g/mol. The summed E-state index contributed by atoms with van der Waals surface area (Å²) >= 11 is 0. The number of imidazole rings is 1. The number of nitrogens with zero attached hydrogens (tertiary/aromatic N) is 2. The van der Waals surface area contributed by atoms with Crippen LogP contribution in [0.4, 0.5) is 0 Å². The van der Waals surface area contributed by atoms with Gasteiger partial charge in [-0.3, -0.25) is 5.10 Å². The third-order valence-corrected chi connectivity index (χ3v) is 4.64. The Labute approximate surface area is 169 Å². The molecule has 0 unspecified atom stereocenters. The quantitative estimate of drug-likeness (QED) is 0.399. The van der Waals surface area contributed by atoms with Crippen LogP contribution in [0.15, 0.2) is 54.7 Å². The van der Waals surface area contributed by atoms with Gasteiger partial charge >= 0.3 is 0 Å². The summed E-state index contributed by atoms with van der Waals surface area (Å²) in [6.45, 7) is 4.47. The first-order chi connectivity index (χ1) is 14.2. The van der Waals surface area contributed by atoms with Crippen LogP contribution in [0.25, 0.3) is 22.3 Å². The fourth-order valence-corrected chi connectivity index (χ4v) is 3.22. The number of hydrogen-bond acceptors (Lipinski definition) is 5. The Bertz CT molecular complexity index is 1040. The van der Waals surface area contributed by atoms with Gasteiger partial charge in [0.25, 0.3) is 0 Å². The lowest BCUT2D eigenvalue weighted by molar-refractivity contribution is 0.158. The van der Waals surface area contributed by atoms with E-state index in [1.807, 2.05) is 48.5 Å². The molecule has 0 aliphatic carbocycles. The van der Waals surface area contributed by atoms with E-state index < -0.39 is 0 Å². The van der Waals surface area contributed by atoms with Crippen LogP contribution < -0.4 is 10.1 Å². The second kappa shape index (κ2) is 8.89. The molecular formula is C22H25N5O2. The lowest BCUT2D eigenvalue weighted by Gasteiger charge is -2.10. The van der Waals surface area contributed by atoms with Crippen molar-refractivity contribution in [2.45, 2.75) is 13.5 Å². The highest BCUT2D eigenvalue weighted by Gasteiger charge is 2.07. The Morgan fingerprint density at radius 3 is 2.66 bits per heavy atom. The van der Waals surface area contributed by atoms with Gasteiger partial charge in [0.2, 0.25) is 0 Å². The number of hydrogen-bond donors (Lipinski definition) is 3. The second-order valence-corrected chi connectivity index (χ2v) is 7.15. The van der Waals surface area contributed by atoms with E-state index in [4.69, 9.17) is 9.47 Å². The standard InChI is InChI=1S/C22H25N5O2/c1-15(14-28-2)12-23-13-22-25-20-8-7-18(11-21(20)26-22)29-17-5-3-16(4-6-17)19-9-10-24-27-19/h3-11,15,23H,12-14H2,1-2H3,(H,24,27)(H,25,26)/t15-/m0/s1. The summed E-state index contributed by atoms with van der Waals surface area (Å²) in [5.41, 5.74) is 3.92. The first-order valence-corrected chi connectivity index (χ1v) is 9.67. The van der Waals surface area contributed by atoms with Crippen molar-refractivity contribution in [2.75, 3.05) is 20.3 Å². The van der Waals surface area contributed by atoms with Crippen molar-refractivity contribution in [1.29, 1.82) is 0 Å². The Morgan fingerprint density at radius 1 is 1.07 bits per heavy atom. The molecule has 0 fully saturated rings. The average Bonchev–Trinajstić information content (AvgIpc) is 3.38. The van der Waals surface area contributed by atoms with E-state index >= 15 is 0 Å². The maximum absolute atomic E-state index is 6.00. The van der Waals surface area contributed by atoms with E-state index in [1.165, 1.54) is 0 Å². The lowest BCUT2D eigenvalue weighted by Crippen LogP contribution is -2.23. The summed E-state index contributed by atoms with van der Waals surface area (Å²) in [6.07, 6.45) is 1.74. The molecule has 3 N–H and O–H groups in total. The van der Waals surface area contributed by atoms with Gasteiger partial charge in [-0.15, -0.1) is 0 Å². The topological polar surface area (TPSA) is 87.8 Å². The minimum absolute atomic E-state index is 0.462. The molecule has 4 aromatic rings. The number of nitrogens with one attached hydrogen (secondary N) is 3. The van der Waals surface area contributed by atoms with Crippen LogP contribution in [-0.2, 0) is 11.3 Å². The minimum atomic E-state index is 0.462. The molecule has 2 aromatic carbocycles. The molecule has 0 saturated carbocycles. The number of fused-ring (bicyclic) bond motifs is 1. The van der Waals surface area contributed by atoms with E-state index in [2.05, 4.69) is 32.4 Å². The van der Waals surface area contributed by atoms with Crippen LogP contribution in [0.5, 0.6) is 11.5 Å². The molecule has 2 heterocycles. The van der Waals surface area contributed by atoms with Crippen molar-refractivity contribution in [2.24, 2.45) is 5.92 Å². The molecule has 29 heavy (non-hydrogen) atoms. The normalized spacial score (nSPS) is 12.3. The van der Waals surface area contributed by atoms with Crippen LogP contribution in [0.2, 0.25) is 0 Å². The predicted octanol–water partition coefficient (Wildman–Crippen LogP) is 4.12. The molecule has 0 saturated heterocycles. The largest absolute Gasteiger partial charge is 0.457 e. The molecule has 0 radical (unpaired) electrons. The maximum Gasteiger partial charge on any atom is 0.129 e. The van der Waals surface area contributed by atoms with Gasteiger partial charge in [-0.1, -0.05) is 6.92 Å². The zero-order valence-corrected chi connectivity index (χ0v) is 16.6. The Kier molecular flexibility index (Phi) is 5.88. The van der Waals surface area contributed by atoms with Crippen LogP contribution in [-0.4, -0.2) is 40.4 Å². The van der Waals surface area contributed by atoms with Gasteiger partial charge in [0.1, 0.15) is 17.3 Å². The van der Waals surface area contributed by atoms with Crippen LogP contribution in [0.1, 0.15) is 12.7 Å². The fourth-order valence-electron chi connectivity index (χ4n) is 3.22. The molecule has 0 amide bonds. The first kappa shape index (κ1) is 19.2. The molecule has 0 aliphatic rings. The molecule has 7 nitrogen and oxygen atoms in total. The third-order valence-electron chi connectivity index (χ3n) is 4.64. The third kappa shape index (κ3) is 4.82. The van der Waals surface area contributed by atoms with Crippen molar-refractivity contribution >= 4 is 11.0 Å². The molecule has 7 heteroatoms. The first-order valence-electron chi connectivity index (χ1n) is 9.67. The smallest absolute Gasteiger partial charge is 0.129 e. The van der Waals surface area contributed by atoms with Crippen LogP contribution in [0, 0.1) is 5.92 Å². The van der Waals surface area contributed by atoms with Gasteiger partial charge in [0, 0.05) is 32.5 Å². The van der Waals surface area contributed by atoms with Crippen molar-refractivity contribution in [3.63, 3.8) is 0 Å². The molecule has 0 bridgehead atoms. The number of methoxy groups -OCH3 is 1. The van der Waals surface area contributed by atoms with Gasteiger partial charge < -0.3 is 19.8 Å². The second-order valence-electron chi connectivity index (χ2n) is 7.15. The zero-order chi connectivity index (χ0) is 20.1. The Morgan fingerprint density at radius 2 is 1.90 bits per heavy atom. The van der Waals surface area contributed by atoms with Gasteiger partial charge in [-0.2, -0.15) is 5.10 Å². The summed E-state index contributed by atoms with van der Waals surface area (Å²) in [6, 6.07) is 15.7. The van der Waals surface area contributed by atoms with Crippen molar-refractivity contribution in [3.05, 3.63) is 60.6 Å². The predicted molar refractivity (Wildman–Crippen MR) is 113 cm³/mol. The van der Waals surface area contributed by atoms with Crippen LogP contribution >= 0.6 is 0 Å². The SMILES string of the molecule is COC[C@@H](C)CNCc1nc2cc(Oc3ccc(-c4ccn[nH]4)cc3)ccc2[nH]1. The minimum Gasteiger partial charge on any atom is -0.457 e. The lowest BCUT2D eigenvalue weighted by atomic mass is 10.1.